The minimum Gasteiger partial charge on any atom is -0.477 e. The zero-order valence-corrected chi connectivity index (χ0v) is 6.87. The lowest BCUT2D eigenvalue weighted by molar-refractivity contribution is 0.0683. The molecule has 0 heterocycles. The molecule has 0 spiro atoms. The highest BCUT2D eigenvalue weighted by Gasteiger charge is 2.16. The zero-order valence-electron chi connectivity index (χ0n) is 6.87. The molecule has 0 atom stereocenters. The third-order valence-corrected chi connectivity index (χ3v) is 1.40. The second-order valence-electron chi connectivity index (χ2n) is 2.22. The lowest BCUT2D eigenvalue weighted by Gasteiger charge is -2.06. The van der Waals surface area contributed by atoms with Gasteiger partial charge in [-0.25, -0.2) is 9.18 Å². The summed E-state index contributed by atoms with van der Waals surface area (Å²) in [6.07, 6.45) is 0. The molecular formula is C8H8FNO3. The van der Waals surface area contributed by atoms with Crippen molar-refractivity contribution >= 4 is 5.97 Å². The summed E-state index contributed by atoms with van der Waals surface area (Å²) in [5.74, 6) is -2.22. The molecule has 0 amide bonds. The van der Waals surface area contributed by atoms with E-state index in [2.05, 4.69) is 5.48 Å². The molecule has 4 nitrogen and oxygen atoms in total. The molecular weight excluding hydrogens is 177 g/mol. The lowest BCUT2D eigenvalue weighted by Crippen LogP contribution is -2.14. The van der Waals surface area contributed by atoms with E-state index in [-0.39, 0.29) is 5.75 Å². The normalized spacial score (nSPS) is 9.69. The molecule has 5 heteroatoms. The molecule has 0 aliphatic rings. The van der Waals surface area contributed by atoms with Crippen LogP contribution in [0.1, 0.15) is 10.4 Å². The van der Waals surface area contributed by atoms with Gasteiger partial charge in [0.05, 0.1) is 0 Å². The summed E-state index contributed by atoms with van der Waals surface area (Å²) in [5, 5.41) is 8.63. The highest BCUT2D eigenvalue weighted by atomic mass is 19.1. The minimum atomic E-state index is -1.36. The lowest BCUT2D eigenvalue weighted by atomic mass is 10.2. The van der Waals surface area contributed by atoms with Crippen LogP contribution in [0, 0.1) is 5.82 Å². The first-order chi connectivity index (χ1) is 6.16. The first-order valence-electron chi connectivity index (χ1n) is 3.52. The predicted molar refractivity (Wildman–Crippen MR) is 43.0 cm³/mol. The third-order valence-electron chi connectivity index (χ3n) is 1.40. The maximum absolute atomic E-state index is 12.9. The van der Waals surface area contributed by atoms with E-state index in [0.29, 0.717) is 0 Å². The quantitative estimate of drug-likeness (QED) is 0.690. The van der Waals surface area contributed by atoms with Gasteiger partial charge in [-0.3, -0.25) is 0 Å². The van der Waals surface area contributed by atoms with E-state index in [1.807, 2.05) is 0 Å². The second-order valence-corrected chi connectivity index (χ2v) is 2.22. The molecule has 2 N–H and O–H groups in total. The number of hydroxylamine groups is 1. The third kappa shape index (κ3) is 1.94. The van der Waals surface area contributed by atoms with Crippen molar-refractivity contribution in [1.82, 2.24) is 5.48 Å². The molecule has 70 valence electrons. The van der Waals surface area contributed by atoms with Gasteiger partial charge in [0.15, 0.2) is 5.75 Å². The van der Waals surface area contributed by atoms with E-state index in [1.165, 1.54) is 19.2 Å². The molecule has 1 rings (SSSR count). The van der Waals surface area contributed by atoms with Crippen molar-refractivity contribution in [3.05, 3.63) is 29.6 Å². The molecule has 0 aliphatic carbocycles. The Bertz CT molecular complexity index is 327. The van der Waals surface area contributed by atoms with Crippen molar-refractivity contribution in [2.24, 2.45) is 0 Å². The molecule has 1 aromatic carbocycles. The topological polar surface area (TPSA) is 58.6 Å². The van der Waals surface area contributed by atoms with Gasteiger partial charge in [-0.2, -0.15) is 5.48 Å². The summed E-state index contributed by atoms with van der Waals surface area (Å²) in [6.45, 7) is 0. The number of nitrogens with one attached hydrogen (secondary N) is 1. The number of benzene rings is 1. The monoisotopic (exact) mass is 185 g/mol. The van der Waals surface area contributed by atoms with Crippen LogP contribution in [0.25, 0.3) is 0 Å². The van der Waals surface area contributed by atoms with Crippen LogP contribution in [0.2, 0.25) is 0 Å². The van der Waals surface area contributed by atoms with Gasteiger partial charge in [0.25, 0.3) is 0 Å². The van der Waals surface area contributed by atoms with Gasteiger partial charge in [0.1, 0.15) is 11.4 Å². The fourth-order valence-corrected chi connectivity index (χ4v) is 0.907. The highest BCUT2D eigenvalue weighted by Crippen LogP contribution is 2.20. The number of carboxylic acid groups (broad SMARTS) is 1. The Morgan fingerprint density at radius 1 is 1.62 bits per heavy atom. The zero-order chi connectivity index (χ0) is 9.84. The average molecular weight is 185 g/mol. The van der Waals surface area contributed by atoms with Gasteiger partial charge in [0, 0.05) is 7.05 Å². The Hall–Kier alpha value is -1.62. The van der Waals surface area contributed by atoms with Crippen LogP contribution < -0.4 is 10.3 Å². The van der Waals surface area contributed by atoms with Crippen LogP contribution in [-0.4, -0.2) is 18.1 Å². The number of halogens is 1. The minimum absolute atomic E-state index is 0.0463. The van der Waals surface area contributed by atoms with Crippen molar-refractivity contribution in [1.29, 1.82) is 0 Å². The van der Waals surface area contributed by atoms with Gasteiger partial charge in [-0.1, -0.05) is 6.07 Å². The number of aromatic carboxylic acids is 1. The summed E-state index contributed by atoms with van der Waals surface area (Å²) >= 11 is 0. The van der Waals surface area contributed by atoms with Gasteiger partial charge in [-0.15, -0.1) is 0 Å². The molecule has 1 aromatic rings. The molecule has 0 fully saturated rings. The van der Waals surface area contributed by atoms with Gasteiger partial charge in [-0.05, 0) is 12.1 Å². The van der Waals surface area contributed by atoms with Crippen LogP contribution >= 0.6 is 0 Å². The maximum Gasteiger partial charge on any atom is 0.342 e. The Labute approximate surface area is 73.9 Å². The molecule has 0 saturated carbocycles. The molecule has 0 saturated heterocycles. The van der Waals surface area contributed by atoms with E-state index in [9.17, 15) is 9.18 Å². The smallest absolute Gasteiger partial charge is 0.342 e. The SMILES string of the molecule is CNOc1cccc(F)c1C(=O)O. The van der Waals surface area contributed by atoms with E-state index < -0.39 is 17.3 Å². The number of hydrogen-bond acceptors (Lipinski definition) is 3. The van der Waals surface area contributed by atoms with E-state index >= 15 is 0 Å². The van der Waals surface area contributed by atoms with Crippen molar-refractivity contribution in [2.75, 3.05) is 7.05 Å². The van der Waals surface area contributed by atoms with E-state index in [1.54, 1.807) is 0 Å². The Kier molecular flexibility index (Phi) is 2.81. The summed E-state index contributed by atoms with van der Waals surface area (Å²) in [6, 6.07) is 3.80. The molecule has 13 heavy (non-hydrogen) atoms. The van der Waals surface area contributed by atoms with Crippen LogP contribution in [0.15, 0.2) is 18.2 Å². The Morgan fingerprint density at radius 3 is 2.85 bits per heavy atom. The van der Waals surface area contributed by atoms with E-state index in [4.69, 9.17) is 9.94 Å². The molecule has 0 aliphatic heterocycles. The van der Waals surface area contributed by atoms with Crippen molar-refractivity contribution in [3.63, 3.8) is 0 Å². The summed E-state index contributed by atoms with van der Waals surface area (Å²) < 4.78 is 12.9. The maximum atomic E-state index is 12.9. The Balaban J connectivity index is 3.17. The van der Waals surface area contributed by atoms with Crippen molar-refractivity contribution in [2.45, 2.75) is 0 Å². The average Bonchev–Trinajstić information content (AvgIpc) is 2.04. The second kappa shape index (κ2) is 3.86. The van der Waals surface area contributed by atoms with Crippen LogP contribution in [-0.2, 0) is 0 Å². The Morgan fingerprint density at radius 2 is 2.31 bits per heavy atom. The molecule has 0 radical (unpaired) electrons. The van der Waals surface area contributed by atoms with Crippen molar-refractivity contribution in [3.8, 4) is 5.75 Å². The number of carboxylic acids is 1. The van der Waals surface area contributed by atoms with Gasteiger partial charge < -0.3 is 9.94 Å². The largest absolute Gasteiger partial charge is 0.477 e. The predicted octanol–water partition coefficient (Wildman–Crippen LogP) is 1.04. The molecule has 0 bridgehead atoms. The van der Waals surface area contributed by atoms with Crippen LogP contribution in [0.4, 0.5) is 4.39 Å². The number of rotatable bonds is 3. The fourth-order valence-electron chi connectivity index (χ4n) is 0.907. The highest BCUT2D eigenvalue weighted by molar-refractivity contribution is 5.91. The van der Waals surface area contributed by atoms with Crippen LogP contribution in [0.3, 0.4) is 0 Å². The van der Waals surface area contributed by atoms with Crippen molar-refractivity contribution < 1.29 is 19.1 Å². The first-order valence-corrected chi connectivity index (χ1v) is 3.52. The van der Waals surface area contributed by atoms with Crippen LogP contribution in [0.5, 0.6) is 5.75 Å². The molecule has 0 aromatic heterocycles. The molecule has 0 unspecified atom stereocenters. The van der Waals surface area contributed by atoms with Gasteiger partial charge >= 0.3 is 5.97 Å². The standard InChI is InChI=1S/C8H8FNO3/c1-10-13-6-4-2-3-5(9)7(6)8(11)12/h2-4,10H,1H3,(H,11,12). The fraction of sp³-hybridized carbons (Fsp3) is 0.125. The van der Waals surface area contributed by atoms with Gasteiger partial charge in [0.2, 0.25) is 0 Å². The number of hydrogen-bond donors (Lipinski definition) is 2. The van der Waals surface area contributed by atoms with E-state index in [0.717, 1.165) is 6.07 Å². The summed E-state index contributed by atoms with van der Waals surface area (Å²) in [5.41, 5.74) is 1.80. The first kappa shape index (κ1) is 9.47. The summed E-state index contributed by atoms with van der Waals surface area (Å²) in [7, 11) is 1.45. The number of carbonyl (C=O) groups is 1. The summed E-state index contributed by atoms with van der Waals surface area (Å²) in [4.78, 5) is 15.3.